The minimum Gasteiger partial charge on any atom is -0.308 e. The van der Waals surface area contributed by atoms with Crippen molar-refractivity contribution in [1.82, 2.24) is 19.2 Å². The molecule has 0 unspecified atom stereocenters. The predicted octanol–water partition coefficient (Wildman–Crippen LogP) is 7.23. The maximum Gasteiger partial charge on any atom is 0.322 e. The van der Waals surface area contributed by atoms with Crippen LogP contribution in [0, 0.1) is 6.92 Å². The zero-order valence-corrected chi connectivity index (χ0v) is 22.6. The number of anilines is 1. The topological polar surface area (TPSA) is 55.1 Å². The minimum atomic E-state index is -0.282. The van der Waals surface area contributed by atoms with Gasteiger partial charge in [0.1, 0.15) is 5.82 Å². The molecule has 0 bridgehead atoms. The molecule has 0 saturated heterocycles. The van der Waals surface area contributed by atoms with Crippen LogP contribution < -0.4 is 5.32 Å². The Morgan fingerprint density at radius 1 is 0.897 bits per heavy atom. The van der Waals surface area contributed by atoms with E-state index in [2.05, 4.69) is 84.5 Å². The molecular weight excluding hydrogens is 482 g/mol. The number of aryl methyl sites for hydroxylation is 3. The average molecular weight is 516 g/mol. The molecule has 0 aliphatic carbocycles. The van der Waals surface area contributed by atoms with Gasteiger partial charge >= 0.3 is 6.03 Å². The van der Waals surface area contributed by atoms with Crippen LogP contribution in [0.4, 0.5) is 10.5 Å². The monoisotopic (exact) mass is 515 g/mol. The van der Waals surface area contributed by atoms with Gasteiger partial charge in [-0.2, -0.15) is 5.10 Å². The Bertz CT molecular complexity index is 1610. The van der Waals surface area contributed by atoms with Crippen LogP contribution in [0.5, 0.6) is 0 Å². The first-order valence-electron chi connectivity index (χ1n) is 13.6. The quantitative estimate of drug-likeness (QED) is 0.268. The summed E-state index contributed by atoms with van der Waals surface area (Å²) >= 11 is 0. The molecule has 0 radical (unpaired) electrons. The van der Waals surface area contributed by atoms with Gasteiger partial charge in [-0.25, -0.2) is 9.48 Å². The van der Waals surface area contributed by atoms with Gasteiger partial charge in [-0.1, -0.05) is 74.5 Å². The lowest BCUT2D eigenvalue weighted by Crippen LogP contribution is -2.38. The maximum atomic E-state index is 14.2. The number of benzene rings is 3. The number of urea groups is 1. The Kier molecular flexibility index (Phi) is 6.53. The van der Waals surface area contributed by atoms with Crippen molar-refractivity contribution in [3.8, 4) is 11.5 Å². The summed E-state index contributed by atoms with van der Waals surface area (Å²) in [4.78, 5) is 16.2. The molecule has 1 atom stereocenters. The molecule has 0 spiro atoms. The second-order valence-electron chi connectivity index (χ2n) is 10.0. The highest BCUT2D eigenvalue weighted by Crippen LogP contribution is 2.39. The number of amides is 2. The molecule has 39 heavy (non-hydrogen) atoms. The van der Waals surface area contributed by atoms with Crippen LogP contribution in [0.3, 0.4) is 0 Å². The van der Waals surface area contributed by atoms with Crippen molar-refractivity contribution in [3.05, 3.63) is 131 Å². The van der Waals surface area contributed by atoms with Gasteiger partial charge in [-0.05, 0) is 66.8 Å². The zero-order chi connectivity index (χ0) is 26.9. The molecule has 6 rings (SSSR count). The van der Waals surface area contributed by atoms with Crippen LogP contribution in [0.25, 0.3) is 11.5 Å². The molecule has 6 heteroatoms. The lowest BCUT2D eigenvalue weighted by atomic mass is 9.99. The van der Waals surface area contributed by atoms with E-state index in [9.17, 15) is 4.79 Å². The number of carbonyl (C=O) groups excluding carboxylic acids is 1. The molecule has 1 aliphatic heterocycles. The number of carbonyl (C=O) groups is 1. The van der Waals surface area contributed by atoms with E-state index >= 15 is 0 Å². The molecule has 3 heterocycles. The zero-order valence-electron chi connectivity index (χ0n) is 22.6. The number of hydrogen-bond donors (Lipinski definition) is 1. The first kappa shape index (κ1) is 24.7. The van der Waals surface area contributed by atoms with Gasteiger partial charge in [0.15, 0.2) is 0 Å². The Balaban J connectivity index is 1.53. The third-order valence-electron chi connectivity index (χ3n) is 7.69. The lowest BCUT2D eigenvalue weighted by Gasteiger charge is -2.31. The third kappa shape index (κ3) is 4.42. The van der Waals surface area contributed by atoms with E-state index in [0.717, 1.165) is 58.1 Å². The van der Waals surface area contributed by atoms with Crippen molar-refractivity contribution < 1.29 is 4.79 Å². The second-order valence-corrected chi connectivity index (χ2v) is 10.0. The first-order chi connectivity index (χ1) is 19.1. The Hall–Kier alpha value is -4.58. The molecule has 6 nitrogen and oxygen atoms in total. The van der Waals surface area contributed by atoms with Gasteiger partial charge < -0.3 is 14.8 Å². The van der Waals surface area contributed by atoms with E-state index in [1.54, 1.807) is 0 Å². The van der Waals surface area contributed by atoms with E-state index < -0.39 is 0 Å². The van der Waals surface area contributed by atoms with Crippen LogP contribution in [0.1, 0.15) is 53.5 Å². The molecule has 2 aromatic heterocycles. The molecule has 1 aliphatic rings. The Morgan fingerprint density at radius 2 is 1.64 bits per heavy atom. The van der Waals surface area contributed by atoms with Gasteiger partial charge in [0.2, 0.25) is 0 Å². The molecule has 1 N–H and O–H groups in total. The van der Waals surface area contributed by atoms with Crippen molar-refractivity contribution in [2.24, 2.45) is 0 Å². The van der Waals surface area contributed by atoms with Crippen LogP contribution in [0.15, 0.2) is 97.2 Å². The fourth-order valence-electron chi connectivity index (χ4n) is 5.57. The van der Waals surface area contributed by atoms with Crippen molar-refractivity contribution in [2.45, 2.75) is 46.2 Å². The molecule has 3 aromatic carbocycles. The Labute approximate surface area is 229 Å². The van der Waals surface area contributed by atoms with Crippen LogP contribution in [-0.2, 0) is 19.4 Å². The molecular formula is C33H33N5O. The number of hydrogen-bond acceptors (Lipinski definition) is 2. The summed E-state index contributed by atoms with van der Waals surface area (Å²) in [7, 11) is 0. The minimum absolute atomic E-state index is 0.132. The largest absolute Gasteiger partial charge is 0.322 e. The van der Waals surface area contributed by atoms with Crippen LogP contribution in [0.2, 0.25) is 0 Å². The highest BCUT2D eigenvalue weighted by Gasteiger charge is 2.36. The normalized spacial score (nSPS) is 14.4. The smallest absolute Gasteiger partial charge is 0.308 e. The van der Waals surface area contributed by atoms with Crippen LogP contribution >= 0.6 is 0 Å². The van der Waals surface area contributed by atoms with Crippen molar-refractivity contribution >= 4 is 11.7 Å². The van der Waals surface area contributed by atoms with Gasteiger partial charge in [0.05, 0.1) is 29.7 Å². The van der Waals surface area contributed by atoms with E-state index in [0.29, 0.717) is 6.54 Å². The van der Waals surface area contributed by atoms with Crippen molar-refractivity contribution in [2.75, 3.05) is 5.32 Å². The van der Waals surface area contributed by atoms with Crippen LogP contribution in [-0.4, -0.2) is 25.3 Å². The summed E-state index contributed by atoms with van der Waals surface area (Å²) in [6.07, 6.45) is 3.89. The van der Waals surface area contributed by atoms with E-state index in [-0.39, 0.29) is 12.1 Å². The number of nitrogens with zero attached hydrogens (tertiary/aromatic N) is 4. The summed E-state index contributed by atoms with van der Waals surface area (Å²) < 4.78 is 4.20. The Morgan fingerprint density at radius 3 is 2.38 bits per heavy atom. The van der Waals surface area contributed by atoms with Gasteiger partial charge in [-0.15, -0.1) is 0 Å². The average Bonchev–Trinajstić information content (AvgIpc) is 3.54. The standard InChI is InChI=1S/C33H33N5O/c1-4-24-17-19-26(20-18-24)31-30-16-11-21-36(30)32-28(23(3)35-38(32)27-13-7-6-8-14-27)22-37(31)33(39)34-29-15-10-9-12-25(29)5-2/h6-21,31H,4-5,22H2,1-3H3,(H,34,39)/t31-/m0/s1. The number of aromatic nitrogens is 3. The summed E-state index contributed by atoms with van der Waals surface area (Å²) in [5.74, 6) is 0.970. The third-order valence-corrected chi connectivity index (χ3v) is 7.69. The molecule has 2 amide bonds. The molecule has 0 saturated carbocycles. The number of para-hydroxylation sites is 2. The van der Waals surface area contributed by atoms with E-state index in [4.69, 9.17) is 5.10 Å². The predicted molar refractivity (Wildman–Crippen MR) is 156 cm³/mol. The van der Waals surface area contributed by atoms with Crippen molar-refractivity contribution in [3.63, 3.8) is 0 Å². The molecule has 0 fully saturated rings. The maximum absolute atomic E-state index is 14.2. The summed E-state index contributed by atoms with van der Waals surface area (Å²) in [6, 6.07) is 30.6. The highest BCUT2D eigenvalue weighted by molar-refractivity contribution is 5.91. The number of rotatable bonds is 5. The summed E-state index contributed by atoms with van der Waals surface area (Å²) in [6.45, 7) is 6.72. The molecule has 5 aromatic rings. The first-order valence-corrected chi connectivity index (χ1v) is 13.6. The van der Waals surface area contributed by atoms with E-state index in [1.165, 1.54) is 5.56 Å². The van der Waals surface area contributed by atoms with Gasteiger partial charge in [-0.3, -0.25) is 0 Å². The van der Waals surface area contributed by atoms with Gasteiger partial charge in [0.25, 0.3) is 0 Å². The summed E-state index contributed by atoms with van der Waals surface area (Å²) in [5.41, 5.74) is 8.25. The lowest BCUT2D eigenvalue weighted by molar-refractivity contribution is 0.194. The molecule has 196 valence electrons. The fraction of sp³-hybridized carbons (Fsp3) is 0.212. The van der Waals surface area contributed by atoms with E-state index in [1.807, 2.05) is 52.9 Å². The van der Waals surface area contributed by atoms with Crippen molar-refractivity contribution in [1.29, 1.82) is 0 Å². The SMILES string of the molecule is CCc1ccc([C@H]2c3cccn3-c3c(c(C)nn3-c3ccccc3)CN2C(=O)Nc2ccccc2CC)cc1. The highest BCUT2D eigenvalue weighted by atomic mass is 16.2. The number of fused-ring (bicyclic) bond motifs is 3. The summed E-state index contributed by atoms with van der Waals surface area (Å²) in [5, 5.41) is 8.19. The number of nitrogens with one attached hydrogen (secondary N) is 1. The van der Waals surface area contributed by atoms with Gasteiger partial charge in [0, 0.05) is 17.4 Å². The fourth-order valence-corrected chi connectivity index (χ4v) is 5.57. The second kappa shape index (κ2) is 10.3.